The van der Waals surface area contributed by atoms with Gasteiger partial charge >= 0.3 is 16.4 Å². The second-order valence-electron chi connectivity index (χ2n) is 7.24. The molecule has 3 N–H and O–H groups in total. The first-order valence-corrected chi connectivity index (χ1v) is 12.0. The summed E-state index contributed by atoms with van der Waals surface area (Å²) in [6.45, 7) is 0.129. The molecule has 14 heteroatoms. The smallest absolute Gasteiger partial charge is 0.385 e. The van der Waals surface area contributed by atoms with Crippen LogP contribution in [0.1, 0.15) is 32.1 Å². The van der Waals surface area contributed by atoms with Crippen LogP contribution >= 0.6 is 0 Å². The maximum atomic E-state index is 12.3. The normalized spacial score (nSPS) is 28.6. The molecule has 3 aliphatic rings. The molecule has 3 heterocycles. The van der Waals surface area contributed by atoms with Crippen molar-refractivity contribution in [2.75, 3.05) is 18.1 Å². The van der Waals surface area contributed by atoms with Gasteiger partial charge in [-0.1, -0.05) is 0 Å². The number of amides is 3. The third-order valence-electron chi connectivity index (χ3n) is 5.23. The van der Waals surface area contributed by atoms with E-state index in [1.54, 1.807) is 0 Å². The van der Waals surface area contributed by atoms with Crippen LogP contribution in [0.2, 0.25) is 0 Å². The lowest BCUT2D eigenvalue weighted by Gasteiger charge is -2.29. The monoisotopic (exact) mass is 438 g/mol. The van der Waals surface area contributed by atoms with Gasteiger partial charge in [0.1, 0.15) is 15.7 Å². The van der Waals surface area contributed by atoms with E-state index in [0.717, 1.165) is 0 Å². The SMILES string of the molecule is NC(=NC(=O)CC1CCS(=O)(=O)CC1)[C@@H]1CC[C@@H]2CN1C(=O)N2OS(=O)(=O)O. The highest BCUT2D eigenvalue weighted by Crippen LogP contribution is 2.31. The van der Waals surface area contributed by atoms with Gasteiger partial charge in [-0.2, -0.15) is 18.5 Å². The molecular formula is C14H22N4O8S2. The lowest BCUT2D eigenvalue weighted by Crippen LogP contribution is -2.48. The fourth-order valence-electron chi connectivity index (χ4n) is 3.79. The van der Waals surface area contributed by atoms with Gasteiger partial charge in [0.15, 0.2) is 0 Å². The van der Waals surface area contributed by atoms with Crippen molar-refractivity contribution in [3.05, 3.63) is 0 Å². The summed E-state index contributed by atoms with van der Waals surface area (Å²) in [6.07, 6.45) is 1.60. The number of nitrogens with zero attached hydrogens (tertiary/aromatic N) is 3. The Morgan fingerprint density at radius 3 is 2.50 bits per heavy atom. The summed E-state index contributed by atoms with van der Waals surface area (Å²) < 4.78 is 57.8. The number of fused-ring (bicyclic) bond motifs is 2. The number of aliphatic imine (C=N–C) groups is 1. The maximum absolute atomic E-state index is 12.3. The quantitative estimate of drug-likeness (QED) is 0.312. The molecule has 0 spiro atoms. The summed E-state index contributed by atoms with van der Waals surface area (Å²) in [5.41, 5.74) is 5.93. The Kier molecular flexibility index (Phi) is 5.67. The van der Waals surface area contributed by atoms with E-state index < -0.39 is 44.3 Å². The van der Waals surface area contributed by atoms with Crippen molar-refractivity contribution in [2.45, 2.75) is 44.2 Å². The van der Waals surface area contributed by atoms with Crippen LogP contribution < -0.4 is 5.73 Å². The molecule has 2 bridgehead atoms. The Balaban J connectivity index is 1.62. The van der Waals surface area contributed by atoms with Crippen LogP contribution in [0.3, 0.4) is 0 Å². The molecule has 2 atom stereocenters. The Labute approximate surface area is 162 Å². The molecule has 0 unspecified atom stereocenters. The van der Waals surface area contributed by atoms with Gasteiger partial charge in [-0.3, -0.25) is 9.35 Å². The fourth-order valence-corrected chi connectivity index (χ4v) is 5.77. The number of carbonyl (C=O) groups excluding carboxylic acids is 2. The van der Waals surface area contributed by atoms with Crippen LogP contribution in [0.4, 0.5) is 4.79 Å². The van der Waals surface area contributed by atoms with Gasteiger partial charge < -0.3 is 10.6 Å². The lowest BCUT2D eigenvalue weighted by atomic mass is 9.98. The van der Waals surface area contributed by atoms with Gasteiger partial charge in [-0.05, 0) is 31.6 Å². The molecular weight excluding hydrogens is 416 g/mol. The molecule has 0 saturated carbocycles. The standard InChI is InChI=1S/C14H22N4O8S2/c15-13(16-12(19)7-9-3-5-27(21,22)6-4-9)11-2-1-10-8-17(11)14(20)18(10)26-28(23,24)25/h9-11H,1-8H2,(H2,15,16,19)(H,23,24,25)/t10-,11+/m1/s1. The number of amidine groups is 1. The lowest BCUT2D eigenvalue weighted by molar-refractivity contribution is -0.118. The highest BCUT2D eigenvalue weighted by Gasteiger charge is 2.48. The van der Waals surface area contributed by atoms with Crippen molar-refractivity contribution in [1.82, 2.24) is 9.96 Å². The van der Waals surface area contributed by atoms with Crippen molar-refractivity contribution in [2.24, 2.45) is 16.6 Å². The zero-order chi connectivity index (χ0) is 20.7. The molecule has 3 amide bonds. The maximum Gasteiger partial charge on any atom is 0.418 e. The van der Waals surface area contributed by atoms with Crippen molar-refractivity contribution >= 4 is 38.0 Å². The second kappa shape index (κ2) is 7.57. The minimum atomic E-state index is -4.84. The molecule has 0 aliphatic carbocycles. The topological polar surface area (TPSA) is 177 Å². The number of hydrogen-bond acceptors (Lipinski definition) is 7. The molecule has 158 valence electrons. The first kappa shape index (κ1) is 21.0. The summed E-state index contributed by atoms with van der Waals surface area (Å²) >= 11 is 0. The summed E-state index contributed by atoms with van der Waals surface area (Å²) in [6, 6.07) is -2.03. The van der Waals surface area contributed by atoms with Gasteiger partial charge in [0.2, 0.25) is 5.91 Å². The van der Waals surface area contributed by atoms with Gasteiger partial charge in [0.05, 0.1) is 23.6 Å². The average Bonchev–Trinajstić information content (AvgIpc) is 2.80. The van der Waals surface area contributed by atoms with E-state index in [1.807, 2.05) is 0 Å². The summed E-state index contributed by atoms with van der Waals surface area (Å²) in [7, 11) is -7.86. The van der Waals surface area contributed by atoms with E-state index in [4.69, 9.17) is 10.3 Å². The molecule has 12 nitrogen and oxygen atoms in total. The molecule has 3 fully saturated rings. The Morgan fingerprint density at radius 1 is 1.25 bits per heavy atom. The van der Waals surface area contributed by atoms with E-state index in [2.05, 4.69) is 9.28 Å². The number of piperidine rings is 1. The van der Waals surface area contributed by atoms with E-state index in [9.17, 15) is 26.4 Å². The largest absolute Gasteiger partial charge is 0.418 e. The van der Waals surface area contributed by atoms with Crippen LogP contribution in [-0.2, 0) is 29.3 Å². The third-order valence-corrected chi connectivity index (χ3v) is 7.29. The molecule has 3 saturated heterocycles. The number of urea groups is 1. The summed E-state index contributed by atoms with van der Waals surface area (Å²) in [5, 5.41) is 0.590. The number of hydrogen-bond donors (Lipinski definition) is 2. The van der Waals surface area contributed by atoms with Crippen molar-refractivity contribution < 1.29 is 35.3 Å². The number of sulfone groups is 1. The molecule has 28 heavy (non-hydrogen) atoms. The van der Waals surface area contributed by atoms with Crippen LogP contribution in [0, 0.1) is 5.92 Å². The Bertz CT molecular complexity index is 886. The number of carbonyl (C=O) groups is 2. The first-order chi connectivity index (χ1) is 13.0. The van der Waals surface area contributed by atoms with Gasteiger partial charge in [-0.25, -0.2) is 13.2 Å². The molecule has 0 aromatic carbocycles. The highest BCUT2D eigenvalue weighted by molar-refractivity contribution is 7.91. The average molecular weight is 438 g/mol. The predicted molar refractivity (Wildman–Crippen MR) is 96.0 cm³/mol. The van der Waals surface area contributed by atoms with Gasteiger partial charge in [-0.15, -0.1) is 4.28 Å². The van der Waals surface area contributed by atoms with E-state index >= 15 is 0 Å². The van der Waals surface area contributed by atoms with E-state index in [-0.39, 0.29) is 36.2 Å². The molecule has 0 aromatic heterocycles. The molecule has 3 aliphatic heterocycles. The van der Waals surface area contributed by atoms with Gasteiger partial charge in [0.25, 0.3) is 0 Å². The molecule has 0 radical (unpaired) electrons. The number of rotatable bonds is 5. The Hall–Kier alpha value is -1.77. The minimum Gasteiger partial charge on any atom is -0.385 e. The highest BCUT2D eigenvalue weighted by atomic mass is 32.3. The van der Waals surface area contributed by atoms with Crippen molar-refractivity contribution in [3.8, 4) is 0 Å². The first-order valence-electron chi connectivity index (χ1n) is 8.79. The molecule has 0 aromatic rings. The number of nitrogens with two attached hydrogens (primary N) is 1. The summed E-state index contributed by atoms with van der Waals surface area (Å²) in [5.74, 6) is -0.508. The number of hydroxylamine groups is 2. The van der Waals surface area contributed by atoms with Crippen molar-refractivity contribution in [1.29, 1.82) is 0 Å². The van der Waals surface area contributed by atoms with Gasteiger partial charge in [0, 0.05) is 13.0 Å². The van der Waals surface area contributed by atoms with Crippen LogP contribution in [0.25, 0.3) is 0 Å². The van der Waals surface area contributed by atoms with E-state index in [0.29, 0.717) is 30.7 Å². The zero-order valence-corrected chi connectivity index (χ0v) is 16.6. The third kappa shape index (κ3) is 4.79. The Morgan fingerprint density at radius 2 is 1.89 bits per heavy atom. The van der Waals surface area contributed by atoms with E-state index in [1.165, 1.54) is 4.90 Å². The zero-order valence-electron chi connectivity index (χ0n) is 14.9. The van der Waals surface area contributed by atoms with Crippen molar-refractivity contribution in [3.63, 3.8) is 0 Å². The summed E-state index contributed by atoms with van der Waals surface area (Å²) in [4.78, 5) is 29.7. The molecule has 3 rings (SSSR count). The predicted octanol–water partition coefficient (Wildman–Crippen LogP) is -0.912. The van der Waals surface area contributed by atoms with Crippen LogP contribution in [-0.4, -0.2) is 79.3 Å². The second-order valence-corrected chi connectivity index (χ2v) is 10.5. The fraction of sp³-hybridized carbons (Fsp3) is 0.786. The van der Waals surface area contributed by atoms with Crippen LogP contribution in [0.15, 0.2) is 4.99 Å². The minimum absolute atomic E-state index is 0.0556. The van der Waals surface area contributed by atoms with Crippen LogP contribution in [0.5, 0.6) is 0 Å².